The van der Waals surface area contributed by atoms with E-state index >= 15 is 0 Å². The van der Waals surface area contributed by atoms with Crippen LogP contribution in [0.2, 0.25) is 0 Å². The Morgan fingerprint density at radius 3 is 2.79 bits per heavy atom. The second-order valence-electron chi connectivity index (χ2n) is 7.43. The van der Waals surface area contributed by atoms with Gasteiger partial charge in [0.05, 0.1) is 13.7 Å². The second kappa shape index (κ2) is 13.7. The average Bonchev–Trinajstić information content (AvgIpc) is 2.68. The van der Waals surface area contributed by atoms with Gasteiger partial charge in [-0.25, -0.2) is 0 Å². The van der Waals surface area contributed by atoms with Gasteiger partial charge in [0.25, 0.3) is 0 Å². The maximum Gasteiger partial charge on any atom is 0.224 e. The van der Waals surface area contributed by atoms with Gasteiger partial charge in [-0.15, -0.1) is 24.0 Å². The van der Waals surface area contributed by atoms with Crippen molar-refractivity contribution in [3.63, 3.8) is 0 Å². The molecule has 1 aromatic rings. The van der Waals surface area contributed by atoms with Gasteiger partial charge in [0.1, 0.15) is 5.75 Å². The number of aliphatic imine (C=N–C) groups is 1. The summed E-state index contributed by atoms with van der Waals surface area (Å²) in [7, 11) is 1.70. The first kappa shape index (κ1) is 25.5. The van der Waals surface area contributed by atoms with Gasteiger partial charge >= 0.3 is 0 Å². The molecule has 6 nitrogen and oxygen atoms in total. The van der Waals surface area contributed by atoms with Gasteiger partial charge in [-0.2, -0.15) is 0 Å². The molecule has 2 N–H and O–H groups in total. The first-order chi connectivity index (χ1) is 13.5. The molecule has 0 saturated carbocycles. The Bertz CT molecular complexity index is 666. The third kappa shape index (κ3) is 8.40. The van der Waals surface area contributed by atoms with E-state index in [0.29, 0.717) is 19.0 Å². The number of hydrogen-bond acceptors (Lipinski definition) is 3. The number of amides is 1. The molecular formula is C22H37IN4O2. The van der Waals surface area contributed by atoms with E-state index in [1.807, 2.05) is 17.9 Å². The Morgan fingerprint density at radius 2 is 2.10 bits per heavy atom. The molecule has 1 heterocycles. The SMILES string of the molecule is CCNC(=NCCC(=O)N1CCCCC1C)NCCc1cc(C)ccc1OC.I. The molecule has 1 unspecified atom stereocenters. The summed E-state index contributed by atoms with van der Waals surface area (Å²) in [5.74, 6) is 1.89. The number of hydrogen-bond donors (Lipinski definition) is 2. The number of guanidine groups is 1. The molecule has 0 aromatic heterocycles. The van der Waals surface area contributed by atoms with Gasteiger partial charge in [-0.05, 0) is 58.1 Å². The smallest absolute Gasteiger partial charge is 0.224 e. The standard InChI is InChI=1S/C22H36N4O2.HI/c1-5-23-22(24-13-11-19-16-17(2)9-10-20(19)28-4)25-14-12-21(27)26-15-7-6-8-18(26)3;/h9-10,16,18H,5-8,11-15H2,1-4H3,(H2,23,24,25);1H. The first-order valence-corrected chi connectivity index (χ1v) is 10.5. The lowest BCUT2D eigenvalue weighted by atomic mass is 10.0. The number of nitrogens with zero attached hydrogens (tertiary/aromatic N) is 2. The third-order valence-corrected chi connectivity index (χ3v) is 5.19. The van der Waals surface area contributed by atoms with Crippen molar-refractivity contribution in [2.24, 2.45) is 4.99 Å². The van der Waals surface area contributed by atoms with Gasteiger partial charge < -0.3 is 20.3 Å². The van der Waals surface area contributed by atoms with Gasteiger partial charge in [0.2, 0.25) is 5.91 Å². The fourth-order valence-corrected chi connectivity index (χ4v) is 3.64. The van der Waals surface area contributed by atoms with Crippen LogP contribution in [0.15, 0.2) is 23.2 Å². The predicted molar refractivity (Wildman–Crippen MR) is 130 cm³/mol. The summed E-state index contributed by atoms with van der Waals surface area (Å²) >= 11 is 0. The monoisotopic (exact) mass is 516 g/mol. The Kier molecular flexibility index (Phi) is 12.0. The highest BCUT2D eigenvalue weighted by Gasteiger charge is 2.22. The molecule has 1 aliphatic rings. The average molecular weight is 516 g/mol. The number of benzene rings is 1. The summed E-state index contributed by atoms with van der Waals surface area (Å²) in [5, 5.41) is 6.61. The van der Waals surface area contributed by atoms with Crippen LogP contribution in [-0.2, 0) is 11.2 Å². The first-order valence-electron chi connectivity index (χ1n) is 10.5. The summed E-state index contributed by atoms with van der Waals surface area (Å²) in [6, 6.07) is 6.59. The lowest BCUT2D eigenvalue weighted by Crippen LogP contribution is -2.42. The number of nitrogens with one attached hydrogen (secondary N) is 2. The van der Waals surface area contributed by atoms with Crippen LogP contribution in [0.4, 0.5) is 0 Å². The highest BCUT2D eigenvalue weighted by atomic mass is 127. The molecule has 0 bridgehead atoms. The summed E-state index contributed by atoms with van der Waals surface area (Å²) in [4.78, 5) is 19.0. The number of piperidine rings is 1. The summed E-state index contributed by atoms with van der Waals surface area (Å²) < 4.78 is 5.45. The van der Waals surface area contributed by atoms with Crippen LogP contribution in [0.5, 0.6) is 5.75 Å². The number of likely N-dealkylation sites (tertiary alicyclic amines) is 1. The van der Waals surface area contributed by atoms with Gasteiger partial charge in [0, 0.05) is 32.1 Å². The topological polar surface area (TPSA) is 66.0 Å². The van der Waals surface area contributed by atoms with Gasteiger partial charge in [-0.1, -0.05) is 17.7 Å². The minimum atomic E-state index is 0. The summed E-state index contributed by atoms with van der Waals surface area (Å²) in [6.45, 7) is 9.21. The largest absolute Gasteiger partial charge is 0.496 e. The summed E-state index contributed by atoms with van der Waals surface area (Å²) in [5.41, 5.74) is 2.40. The van der Waals surface area contributed by atoms with Crippen molar-refractivity contribution in [3.8, 4) is 5.75 Å². The van der Waals surface area contributed by atoms with Crippen LogP contribution >= 0.6 is 24.0 Å². The minimum absolute atomic E-state index is 0. The fraction of sp³-hybridized carbons (Fsp3) is 0.636. The highest BCUT2D eigenvalue weighted by molar-refractivity contribution is 14.0. The molecule has 1 atom stereocenters. The van der Waals surface area contributed by atoms with E-state index < -0.39 is 0 Å². The number of rotatable bonds is 8. The predicted octanol–water partition coefficient (Wildman–Crippen LogP) is 3.51. The Hall–Kier alpha value is -1.51. The molecule has 164 valence electrons. The van der Waals surface area contributed by atoms with Crippen LogP contribution < -0.4 is 15.4 Å². The zero-order chi connectivity index (χ0) is 20.4. The molecule has 0 aliphatic carbocycles. The van der Waals surface area contributed by atoms with Crippen LogP contribution in [0.1, 0.15) is 50.7 Å². The number of carbonyl (C=O) groups excluding carboxylic acids is 1. The molecule has 0 spiro atoms. The second-order valence-corrected chi connectivity index (χ2v) is 7.43. The minimum Gasteiger partial charge on any atom is -0.496 e. The molecule has 1 fully saturated rings. The molecule has 0 radical (unpaired) electrons. The van der Waals surface area contributed by atoms with Crippen molar-refractivity contribution < 1.29 is 9.53 Å². The molecule has 1 saturated heterocycles. The normalized spacial score (nSPS) is 16.8. The zero-order valence-corrected chi connectivity index (χ0v) is 20.6. The molecule has 1 amide bonds. The van der Waals surface area contributed by atoms with Gasteiger partial charge in [-0.3, -0.25) is 9.79 Å². The number of methoxy groups -OCH3 is 1. The van der Waals surface area contributed by atoms with Crippen LogP contribution in [-0.4, -0.2) is 56.1 Å². The van der Waals surface area contributed by atoms with E-state index in [1.165, 1.54) is 17.5 Å². The van der Waals surface area contributed by atoms with E-state index in [0.717, 1.165) is 50.6 Å². The van der Waals surface area contributed by atoms with Gasteiger partial charge in [0.15, 0.2) is 5.96 Å². The van der Waals surface area contributed by atoms with Crippen LogP contribution in [0.25, 0.3) is 0 Å². The Balaban J connectivity index is 0.00000420. The van der Waals surface area contributed by atoms with E-state index in [4.69, 9.17) is 4.74 Å². The lowest BCUT2D eigenvalue weighted by Gasteiger charge is -2.33. The molecule has 7 heteroatoms. The molecule has 2 rings (SSSR count). The maximum atomic E-state index is 12.5. The number of aryl methyl sites for hydroxylation is 1. The van der Waals surface area contributed by atoms with E-state index in [9.17, 15) is 4.79 Å². The van der Waals surface area contributed by atoms with E-state index in [1.54, 1.807) is 7.11 Å². The molecular weight excluding hydrogens is 479 g/mol. The van der Waals surface area contributed by atoms with Crippen LogP contribution in [0.3, 0.4) is 0 Å². The third-order valence-electron chi connectivity index (χ3n) is 5.19. The van der Waals surface area contributed by atoms with Crippen molar-refractivity contribution >= 4 is 35.8 Å². The van der Waals surface area contributed by atoms with E-state index in [-0.39, 0.29) is 29.9 Å². The number of ether oxygens (including phenoxy) is 1. The zero-order valence-electron chi connectivity index (χ0n) is 18.3. The Labute approximate surface area is 192 Å². The molecule has 29 heavy (non-hydrogen) atoms. The maximum absolute atomic E-state index is 12.5. The molecule has 1 aromatic carbocycles. The number of carbonyl (C=O) groups is 1. The fourth-order valence-electron chi connectivity index (χ4n) is 3.64. The van der Waals surface area contributed by atoms with Crippen molar-refractivity contribution in [2.75, 3.05) is 33.3 Å². The quantitative estimate of drug-likeness (QED) is 0.316. The lowest BCUT2D eigenvalue weighted by molar-refractivity contribution is -0.134. The molecule has 1 aliphatic heterocycles. The van der Waals surface area contributed by atoms with E-state index in [2.05, 4.69) is 41.6 Å². The van der Waals surface area contributed by atoms with Crippen molar-refractivity contribution in [1.29, 1.82) is 0 Å². The Morgan fingerprint density at radius 1 is 1.31 bits per heavy atom. The van der Waals surface area contributed by atoms with Crippen LogP contribution in [0, 0.1) is 6.92 Å². The van der Waals surface area contributed by atoms with Crippen molar-refractivity contribution in [1.82, 2.24) is 15.5 Å². The number of halogens is 1. The van der Waals surface area contributed by atoms with Crippen molar-refractivity contribution in [3.05, 3.63) is 29.3 Å². The summed E-state index contributed by atoms with van der Waals surface area (Å²) in [6.07, 6.45) is 4.77. The highest BCUT2D eigenvalue weighted by Crippen LogP contribution is 2.20. The van der Waals surface area contributed by atoms with Crippen molar-refractivity contribution in [2.45, 2.75) is 58.9 Å².